The first kappa shape index (κ1) is 16.3. The average molecular weight is 334 g/mol. The molecule has 0 radical (unpaired) electrons. The molecule has 0 bridgehead atoms. The SMILES string of the molecule is Cc1nc(-c2ccccc2)nc(-c2cccc([N+](=O)[O-])c2)c1C(N)=O. The van der Waals surface area contributed by atoms with E-state index in [2.05, 4.69) is 9.97 Å². The van der Waals surface area contributed by atoms with Crippen LogP contribution < -0.4 is 5.73 Å². The summed E-state index contributed by atoms with van der Waals surface area (Å²) in [6, 6.07) is 15.2. The maximum atomic E-state index is 11.9. The topological polar surface area (TPSA) is 112 Å². The van der Waals surface area contributed by atoms with Crippen LogP contribution in [0.3, 0.4) is 0 Å². The first-order chi connectivity index (χ1) is 12.0. The van der Waals surface area contributed by atoms with E-state index in [-0.39, 0.29) is 16.9 Å². The van der Waals surface area contributed by atoms with Crippen LogP contribution in [0.1, 0.15) is 16.1 Å². The number of hydrogen-bond acceptors (Lipinski definition) is 5. The smallest absolute Gasteiger partial charge is 0.270 e. The summed E-state index contributed by atoms with van der Waals surface area (Å²) in [6.07, 6.45) is 0. The summed E-state index contributed by atoms with van der Waals surface area (Å²) in [4.78, 5) is 31.3. The molecule has 0 unspecified atom stereocenters. The minimum absolute atomic E-state index is 0.0922. The molecule has 25 heavy (non-hydrogen) atoms. The standard InChI is InChI=1S/C18H14N4O3/c1-11-15(17(19)23)16(13-8-5-9-14(10-13)22(24)25)21-18(20-11)12-6-3-2-4-7-12/h2-10H,1H3,(H2,19,23). The number of carbonyl (C=O) groups excluding carboxylic acids is 1. The predicted octanol–water partition coefficient (Wildman–Crippen LogP) is 3.13. The van der Waals surface area contributed by atoms with Crippen LogP contribution in [-0.4, -0.2) is 20.8 Å². The Morgan fingerprint density at radius 2 is 1.72 bits per heavy atom. The Morgan fingerprint density at radius 3 is 2.36 bits per heavy atom. The van der Waals surface area contributed by atoms with E-state index in [1.165, 1.54) is 18.2 Å². The monoisotopic (exact) mass is 334 g/mol. The van der Waals surface area contributed by atoms with Crippen molar-refractivity contribution in [1.82, 2.24) is 9.97 Å². The summed E-state index contributed by atoms with van der Waals surface area (Å²) in [5, 5.41) is 11.0. The van der Waals surface area contributed by atoms with Gasteiger partial charge in [-0.3, -0.25) is 14.9 Å². The molecule has 0 aliphatic heterocycles. The van der Waals surface area contributed by atoms with E-state index in [4.69, 9.17) is 5.73 Å². The number of nitrogens with two attached hydrogens (primary N) is 1. The van der Waals surface area contributed by atoms with Gasteiger partial charge in [0.2, 0.25) is 0 Å². The molecular weight excluding hydrogens is 320 g/mol. The van der Waals surface area contributed by atoms with Crippen LogP contribution in [-0.2, 0) is 0 Å². The summed E-state index contributed by atoms with van der Waals surface area (Å²) in [5.41, 5.74) is 7.45. The molecule has 0 saturated carbocycles. The molecule has 0 spiro atoms. The van der Waals surface area contributed by atoms with Gasteiger partial charge < -0.3 is 5.73 Å². The zero-order valence-corrected chi connectivity index (χ0v) is 13.3. The highest BCUT2D eigenvalue weighted by molar-refractivity contribution is 6.00. The number of nitro groups is 1. The molecule has 1 heterocycles. The molecule has 7 nitrogen and oxygen atoms in total. The maximum absolute atomic E-state index is 11.9. The highest BCUT2D eigenvalue weighted by Crippen LogP contribution is 2.28. The van der Waals surface area contributed by atoms with E-state index in [1.807, 2.05) is 30.3 Å². The Balaban J connectivity index is 2.26. The summed E-state index contributed by atoms with van der Waals surface area (Å²) in [6.45, 7) is 1.66. The van der Waals surface area contributed by atoms with E-state index < -0.39 is 10.8 Å². The Morgan fingerprint density at radius 1 is 1.04 bits per heavy atom. The highest BCUT2D eigenvalue weighted by atomic mass is 16.6. The van der Waals surface area contributed by atoms with E-state index in [0.29, 0.717) is 17.1 Å². The third-order valence-corrected chi connectivity index (χ3v) is 3.70. The predicted molar refractivity (Wildman–Crippen MR) is 92.8 cm³/mol. The fourth-order valence-electron chi connectivity index (χ4n) is 2.56. The van der Waals surface area contributed by atoms with Crippen LogP contribution in [0, 0.1) is 17.0 Å². The summed E-state index contributed by atoms with van der Waals surface area (Å²) < 4.78 is 0. The normalized spacial score (nSPS) is 10.4. The maximum Gasteiger partial charge on any atom is 0.270 e. The average Bonchev–Trinajstić information content (AvgIpc) is 2.61. The van der Waals surface area contributed by atoms with Gasteiger partial charge in [-0.05, 0) is 6.92 Å². The highest BCUT2D eigenvalue weighted by Gasteiger charge is 2.20. The number of primary amides is 1. The van der Waals surface area contributed by atoms with Crippen LogP contribution >= 0.6 is 0 Å². The van der Waals surface area contributed by atoms with Crippen molar-refractivity contribution >= 4 is 11.6 Å². The molecule has 0 aliphatic rings. The molecule has 2 N–H and O–H groups in total. The van der Waals surface area contributed by atoms with Crippen molar-refractivity contribution in [3.05, 3.63) is 76.0 Å². The molecule has 0 atom stereocenters. The van der Waals surface area contributed by atoms with Gasteiger partial charge in [0.05, 0.1) is 21.9 Å². The second-order valence-electron chi connectivity index (χ2n) is 5.39. The number of rotatable bonds is 4. The van der Waals surface area contributed by atoms with Crippen molar-refractivity contribution < 1.29 is 9.72 Å². The van der Waals surface area contributed by atoms with Gasteiger partial charge in [-0.2, -0.15) is 0 Å². The fraction of sp³-hybridized carbons (Fsp3) is 0.0556. The van der Waals surface area contributed by atoms with Crippen molar-refractivity contribution in [2.45, 2.75) is 6.92 Å². The number of non-ortho nitro benzene ring substituents is 1. The number of aromatic nitrogens is 2. The van der Waals surface area contributed by atoms with Gasteiger partial charge in [0.15, 0.2) is 5.82 Å². The lowest BCUT2D eigenvalue weighted by atomic mass is 10.0. The Hall–Kier alpha value is -3.61. The Kier molecular flexibility index (Phi) is 4.21. The van der Waals surface area contributed by atoms with Gasteiger partial charge in [-0.15, -0.1) is 0 Å². The first-order valence-electron chi connectivity index (χ1n) is 7.46. The summed E-state index contributed by atoms with van der Waals surface area (Å²) >= 11 is 0. The number of benzene rings is 2. The summed E-state index contributed by atoms with van der Waals surface area (Å²) in [7, 11) is 0. The lowest BCUT2D eigenvalue weighted by Crippen LogP contribution is -2.17. The van der Waals surface area contributed by atoms with Gasteiger partial charge in [-0.1, -0.05) is 42.5 Å². The van der Waals surface area contributed by atoms with Gasteiger partial charge in [-0.25, -0.2) is 9.97 Å². The van der Waals surface area contributed by atoms with Crippen LogP contribution in [0.15, 0.2) is 54.6 Å². The van der Waals surface area contributed by atoms with Gasteiger partial charge in [0.25, 0.3) is 11.6 Å². The quantitative estimate of drug-likeness (QED) is 0.582. The molecule has 3 aromatic rings. The van der Waals surface area contributed by atoms with Crippen molar-refractivity contribution in [3.8, 4) is 22.6 Å². The molecule has 7 heteroatoms. The second kappa shape index (κ2) is 6.48. The Labute approximate surface area is 143 Å². The molecule has 0 aliphatic carbocycles. The number of amides is 1. The second-order valence-corrected chi connectivity index (χ2v) is 5.39. The number of nitro benzene ring substituents is 1. The number of aryl methyl sites for hydroxylation is 1. The molecule has 0 saturated heterocycles. The van der Waals surface area contributed by atoms with Crippen LogP contribution in [0.4, 0.5) is 5.69 Å². The molecule has 3 rings (SSSR count). The largest absolute Gasteiger partial charge is 0.365 e. The molecule has 0 fully saturated rings. The molecular formula is C18H14N4O3. The van der Waals surface area contributed by atoms with Gasteiger partial charge in [0.1, 0.15) is 0 Å². The van der Waals surface area contributed by atoms with Crippen molar-refractivity contribution in [1.29, 1.82) is 0 Å². The lowest BCUT2D eigenvalue weighted by Gasteiger charge is -2.11. The van der Waals surface area contributed by atoms with E-state index in [9.17, 15) is 14.9 Å². The van der Waals surface area contributed by atoms with E-state index >= 15 is 0 Å². The van der Waals surface area contributed by atoms with Gasteiger partial charge in [0, 0.05) is 23.3 Å². The minimum Gasteiger partial charge on any atom is -0.365 e. The third kappa shape index (κ3) is 3.20. The number of nitrogens with zero attached hydrogens (tertiary/aromatic N) is 3. The third-order valence-electron chi connectivity index (χ3n) is 3.70. The minimum atomic E-state index is -0.682. The fourth-order valence-corrected chi connectivity index (χ4v) is 2.56. The number of carbonyl (C=O) groups is 1. The Bertz CT molecular complexity index is 971. The molecule has 124 valence electrons. The first-order valence-corrected chi connectivity index (χ1v) is 7.46. The lowest BCUT2D eigenvalue weighted by molar-refractivity contribution is -0.384. The molecule has 2 aromatic carbocycles. The van der Waals surface area contributed by atoms with Gasteiger partial charge >= 0.3 is 0 Å². The van der Waals surface area contributed by atoms with Crippen molar-refractivity contribution in [3.63, 3.8) is 0 Å². The van der Waals surface area contributed by atoms with E-state index in [1.54, 1.807) is 13.0 Å². The summed E-state index contributed by atoms with van der Waals surface area (Å²) in [5.74, 6) is -0.261. The van der Waals surface area contributed by atoms with Crippen LogP contribution in [0.25, 0.3) is 22.6 Å². The van der Waals surface area contributed by atoms with Crippen LogP contribution in [0.2, 0.25) is 0 Å². The van der Waals surface area contributed by atoms with Crippen LogP contribution in [0.5, 0.6) is 0 Å². The zero-order valence-electron chi connectivity index (χ0n) is 13.3. The van der Waals surface area contributed by atoms with Crippen molar-refractivity contribution in [2.24, 2.45) is 5.73 Å². The molecule has 1 aromatic heterocycles. The number of hydrogen-bond donors (Lipinski definition) is 1. The van der Waals surface area contributed by atoms with E-state index in [0.717, 1.165) is 5.56 Å². The molecule has 1 amide bonds. The van der Waals surface area contributed by atoms with Crippen molar-refractivity contribution in [2.75, 3.05) is 0 Å². The zero-order chi connectivity index (χ0) is 18.0.